The van der Waals surface area contributed by atoms with Crippen LogP contribution in [0.4, 0.5) is 4.79 Å². The smallest absolute Gasteiger partial charge is 0.317 e. The minimum atomic E-state index is -3.64. The van der Waals surface area contributed by atoms with E-state index in [9.17, 15) is 13.2 Å². The Morgan fingerprint density at radius 1 is 1.19 bits per heavy atom. The molecule has 2 N–H and O–H groups in total. The lowest BCUT2D eigenvalue weighted by molar-refractivity contribution is 0.0883. The highest BCUT2D eigenvalue weighted by atomic mass is 35.5. The molecule has 0 aromatic heterocycles. The van der Waals surface area contributed by atoms with E-state index in [1.807, 2.05) is 0 Å². The zero-order valence-corrected chi connectivity index (χ0v) is 15.5. The van der Waals surface area contributed by atoms with E-state index in [2.05, 4.69) is 22.2 Å². The van der Waals surface area contributed by atoms with Crippen LogP contribution in [0, 0.1) is 11.8 Å². The highest BCUT2D eigenvalue weighted by molar-refractivity contribution is 7.89. The highest BCUT2D eigenvalue weighted by Gasteiger charge is 2.51. The Kier molecular flexibility index (Phi) is 4.68. The van der Waals surface area contributed by atoms with Gasteiger partial charge in [0.05, 0.1) is 17.1 Å². The lowest BCUT2D eigenvalue weighted by Gasteiger charge is -2.19. The van der Waals surface area contributed by atoms with Gasteiger partial charge in [0.2, 0.25) is 10.0 Å². The number of sulfonamides is 1. The van der Waals surface area contributed by atoms with Gasteiger partial charge in [-0.15, -0.1) is 0 Å². The number of nitrogens with zero attached hydrogens (tertiary/aromatic N) is 1. The van der Waals surface area contributed by atoms with Gasteiger partial charge in [-0.25, -0.2) is 17.9 Å². The van der Waals surface area contributed by atoms with E-state index >= 15 is 0 Å². The number of rotatable bonds is 5. The Hall–Kier alpha value is -1.61. The normalized spacial score (nSPS) is 29.2. The van der Waals surface area contributed by atoms with Gasteiger partial charge < -0.3 is 15.0 Å². The molecule has 0 aliphatic carbocycles. The third-order valence-electron chi connectivity index (χ3n) is 5.15. The molecule has 26 heavy (non-hydrogen) atoms. The van der Waals surface area contributed by atoms with E-state index in [4.69, 9.17) is 16.3 Å². The number of hydrogen-bond donors (Lipinski definition) is 2. The van der Waals surface area contributed by atoms with Crippen molar-refractivity contribution in [3.63, 3.8) is 0 Å². The summed E-state index contributed by atoms with van der Waals surface area (Å²) >= 11 is 5.82. The van der Waals surface area contributed by atoms with Crippen LogP contribution in [0.1, 0.15) is 0 Å². The fraction of sp³-hybridized carbons (Fsp3) is 0.471. The first-order valence-electron chi connectivity index (χ1n) is 8.56. The van der Waals surface area contributed by atoms with Gasteiger partial charge in [-0.1, -0.05) is 29.8 Å². The molecule has 4 rings (SSSR count). The number of fused-ring (bicyclic) bond motifs is 5. The molecule has 0 spiro atoms. The van der Waals surface area contributed by atoms with E-state index in [0.29, 0.717) is 29.9 Å². The van der Waals surface area contributed by atoms with Crippen LogP contribution in [0.5, 0.6) is 0 Å². The monoisotopic (exact) mass is 397 g/mol. The SMILES string of the molecule is O=C(NCCNS(=O)(=O)c1cccc(Cl)c1)N1CC2C3C=CC(O3)C2C1. The second-order valence-electron chi connectivity index (χ2n) is 6.77. The van der Waals surface area contributed by atoms with Gasteiger partial charge in [0.15, 0.2) is 0 Å². The quantitative estimate of drug-likeness (QED) is 0.577. The summed E-state index contributed by atoms with van der Waals surface area (Å²) in [7, 11) is -3.64. The van der Waals surface area contributed by atoms with Gasteiger partial charge in [0.1, 0.15) is 0 Å². The molecule has 2 bridgehead atoms. The van der Waals surface area contributed by atoms with Gasteiger partial charge in [0, 0.05) is 43.0 Å². The van der Waals surface area contributed by atoms with E-state index in [0.717, 1.165) is 0 Å². The molecule has 1 aromatic carbocycles. The summed E-state index contributed by atoms with van der Waals surface area (Å²) in [4.78, 5) is 14.2. The third-order valence-corrected chi connectivity index (χ3v) is 6.84. The minimum Gasteiger partial charge on any atom is -0.366 e. The summed E-state index contributed by atoms with van der Waals surface area (Å²) in [5, 5.41) is 3.13. The first-order valence-corrected chi connectivity index (χ1v) is 10.4. The molecule has 2 saturated heterocycles. The number of urea groups is 1. The molecule has 3 heterocycles. The largest absolute Gasteiger partial charge is 0.366 e. The van der Waals surface area contributed by atoms with Crippen LogP contribution >= 0.6 is 11.6 Å². The summed E-state index contributed by atoms with van der Waals surface area (Å²) in [6, 6.07) is 5.88. The van der Waals surface area contributed by atoms with Crippen LogP contribution in [-0.4, -0.2) is 57.7 Å². The van der Waals surface area contributed by atoms with Crippen molar-refractivity contribution in [3.05, 3.63) is 41.4 Å². The molecule has 2 amide bonds. The zero-order chi connectivity index (χ0) is 18.3. The van der Waals surface area contributed by atoms with Crippen molar-refractivity contribution >= 4 is 27.7 Å². The third kappa shape index (κ3) is 3.34. The summed E-state index contributed by atoms with van der Waals surface area (Å²) in [6.45, 7) is 1.68. The first kappa shape index (κ1) is 17.8. The van der Waals surface area contributed by atoms with E-state index in [1.54, 1.807) is 17.0 Å². The predicted octanol–water partition coefficient (Wildman–Crippen LogP) is 1.21. The molecule has 4 atom stereocenters. The predicted molar refractivity (Wildman–Crippen MR) is 96.4 cm³/mol. The van der Waals surface area contributed by atoms with Crippen molar-refractivity contribution in [1.82, 2.24) is 14.9 Å². The van der Waals surface area contributed by atoms with Gasteiger partial charge in [-0.2, -0.15) is 0 Å². The Bertz CT molecular complexity index is 824. The van der Waals surface area contributed by atoms with Gasteiger partial charge in [0.25, 0.3) is 0 Å². The first-order chi connectivity index (χ1) is 12.4. The van der Waals surface area contributed by atoms with Crippen LogP contribution in [0.15, 0.2) is 41.3 Å². The Morgan fingerprint density at radius 3 is 2.54 bits per heavy atom. The fourth-order valence-electron chi connectivity index (χ4n) is 3.88. The summed E-state index contributed by atoms with van der Waals surface area (Å²) in [5.74, 6) is 0.745. The average Bonchev–Trinajstić information content (AvgIpc) is 3.31. The molecule has 3 aliphatic rings. The minimum absolute atomic E-state index is 0.103. The van der Waals surface area contributed by atoms with Crippen LogP contribution in [0.25, 0.3) is 0 Å². The van der Waals surface area contributed by atoms with Crippen molar-refractivity contribution in [3.8, 4) is 0 Å². The fourth-order valence-corrected chi connectivity index (χ4v) is 5.21. The van der Waals surface area contributed by atoms with Gasteiger partial charge >= 0.3 is 6.03 Å². The topological polar surface area (TPSA) is 87.7 Å². The standard InChI is InChI=1S/C17H20ClN3O4S/c18-11-2-1-3-12(8-11)26(23,24)20-7-6-19-17(22)21-9-13-14(10-21)16-5-4-15(13)25-16/h1-5,8,13-16,20H,6-7,9-10H2,(H,19,22). The molecule has 3 aliphatic heterocycles. The van der Waals surface area contributed by atoms with Crippen LogP contribution in [0.3, 0.4) is 0 Å². The van der Waals surface area contributed by atoms with Gasteiger partial charge in [-0.05, 0) is 18.2 Å². The molecule has 0 radical (unpaired) electrons. The summed E-state index contributed by atoms with van der Waals surface area (Å²) in [6.07, 6.45) is 4.43. The average molecular weight is 398 g/mol. The maximum Gasteiger partial charge on any atom is 0.317 e. The number of ether oxygens (including phenoxy) is 1. The Morgan fingerprint density at radius 2 is 1.88 bits per heavy atom. The zero-order valence-electron chi connectivity index (χ0n) is 14.0. The highest BCUT2D eigenvalue weighted by Crippen LogP contribution is 2.43. The Labute approximate surface area is 157 Å². The molecule has 0 saturated carbocycles. The molecule has 7 nitrogen and oxygen atoms in total. The second kappa shape index (κ2) is 6.84. The summed E-state index contributed by atoms with van der Waals surface area (Å²) < 4.78 is 32.6. The second-order valence-corrected chi connectivity index (χ2v) is 8.97. The molecular formula is C17H20ClN3O4S. The van der Waals surface area contributed by atoms with E-state index < -0.39 is 10.0 Å². The molecule has 9 heteroatoms. The Balaban J connectivity index is 1.23. The number of amides is 2. The number of hydrogen-bond acceptors (Lipinski definition) is 4. The van der Waals surface area contributed by atoms with E-state index in [1.165, 1.54) is 12.1 Å². The number of benzene rings is 1. The number of halogens is 1. The number of likely N-dealkylation sites (tertiary alicyclic amines) is 1. The lowest BCUT2D eigenvalue weighted by Crippen LogP contribution is -2.43. The van der Waals surface area contributed by atoms with Crippen LogP contribution in [-0.2, 0) is 14.8 Å². The maximum atomic E-state index is 12.3. The van der Waals surface area contributed by atoms with Crippen LogP contribution in [0.2, 0.25) is 5.02 Å². The van der Waals surface area contributed by atoms with Gasteiger partial charge in [-0.3, -0.25) is 0 Å². The van der Waals surface area contributed by atoms with Crippen molar-refractivity contribution in [2.75, 3.05) is 26.2 Å². The van der Waals surface area contributed by atoms with Crippen molar-refractivity contribution in [1.29, 1.82) is 0 Å². The maximum absolute atomic E-state index is 12.3. The summed E-state index contributed by atoms with van der Waals surface area (Å²) in [5.41, 5.74) is 0. The van der Waals surface area contributed by atoms with Crippen molar-refractivity contribution < 1.29 is 17.9 Å². The number of nitrogens with one attached hydrogen (secondary N) is 2. The van der Waals surface area contributed by atoms with Crippen molar-refractivity contribution in [2.24, 2.45) is 11.8 Å². The molecular weight excluding hydrogens is 378 g/mol. The molecule has 1 aromatic rings. The molecule has 2 fully saturated rings. The van der Waals surface area contributed by atoms with Crippen LogP contribution < -0.4 is 10.0 Å². The molecule has 4 unspecified atom stereocenters. The lowest BCUT2D eigenvalue weighted by atomic mass is 9.86. The number of carbonyl (C=O) groups is 1. The van der Waals surface area contributed by atoms with Crippen molar-refractivity contribution in [2.45, 2.75) is 17.1 Å². The molecule has 140 valence electrons. The van der Waals surface area contributed by atoms with E-state index in [-0.39, 0.29) is 36.2 Å². The number of carbonyl (C=O) groups excluding carboxylic acids is 1.